The first-order valence-electron chi connectivity index (χ1n) is 8.23. The van der Waals surface area contributed by atoms with Crippen LogP contribution in [-0.4, -0.2) is 60.8 Å². The lowest BCUT2D eigenvalue weighted by Gasteiger charge is -2.37. The minimum atomic E-state index is -4.81. The van der Waals surface area contributed by atoms with Crippen molar-refractivity contribution in [2.75, 3.05) is 26.2 Å². The normalized spacial score (nSPS) is 16.8. The van der Waals surface area contributed by atoms with Crippen LogP contribution in [0.15, 0.2) is 24.3 Å². The highest BCUT2D eigenvalue weighted by molar-refractivity contribution is 5.67. The van der Waals surface area contributed by atoms with E-state index in [0.29, 0.717) is 32.6 Å². The van der Waals surface area contributed by atoms with Crippen LogP contribution in [0.25, 0.3) is 0 Å². The highest BCUT2D eigenvalue weighted by Crippen LogP contribution is 2.26. The van der Waals surface area contributed by atoms with E-state index in [-0.39, 0.29) is 24.0 Å². The van der Waals surface area contributed by atoms with Crippen LogP contribution in [0.2, 0.25) is 0 Å². The van der Waals surface area contributed by atoms with Crippen molar-refractivity contribution in [2.24, 2.45) is 0 Å². The second-order valence-corrected chi connectivity index (χ2v) is 5.98. The minimum Gasteiger partial charge on any atom is -0.444 e. The summed E-state index contributed by atoms with van der Waals surface area (Å²) in [6.45, 7) is 3.72. The number of aldehydes is 1. The Morgan fingerprint density at radius 1 is 1.23 bits per heavy atom. The van der Waals surface area contributed by atoms with Gasteiger partial charge in [0.15, 0.2) is 0 Å². The number of benzene rings is 1. The van der Waals surface area contributed by atoms with Crippen molar-refractivity contribution >= 4 is 12.4 Å². The van der Waals surface area contributed by atoms with Crippen LogP contribution < -0.4 is 4.74 Å². The first-order chi connectivity index (χ1) is 12.3. The standard InChI is InChI=1S/C17H21F3N2O4/c1-13(6-11-23)21-7-9-22(10-8-21)16(24)25-12-14-4-2-3-5-15(14)26-17(18,19)20/h2-5,11,13H,6-10,12H2,1H3. The summed E-state index contributed by atoms with van der Waals surface area (Å²) in [6.07, 6.45) is -4.10. The predicted molar refractivity (Wildman–Crippen MR) is 86.6 cm³/mol. The second-order valence-electron chi connectivity index (χ2n) is 5.98. The molecule has 1 aliphatic heterocycles. The lowest BCUT2D eigenvalue weighted by Crippen LogP contribution is -2.51. The van der Waals surface area contributed by atoms with Crippen LogP contribution in [0.3, 0.4) is 0 Å². The van der Waals surface area contributed by atoms with Gasteiger partial charge in [0.2, 0.25) is 0 Å². The Balaban J connectivity index is 1.86. The number of rotatable bonds is 6. The van der Waals surface area contributed by atoms with Crippen molar-refractivity contribution in [2.45, 2.75) is 32.4 Å². The molecule has 2 rings (SSSR count). The van der Waals surface area contributed by atoms with Gasteiger partial charge in [-0.2, -0.15) is 0 Å². The lowest BCUT2D eigenvalue weighted by atomic mass is 10.2. The molecule has 1 fully saturated rings. The summed E-state index contributed by atoms with van der Waals surface area (Å²) in [5, 5.41) is 0. The molecule has 1 unspecified atom stereocenters. The van der Waals surface area contributed by atoms with Crippen molar-refractivity contribution in [1.29, 1.82) is 0 Å². The molecule has 9 heteroatoms. The van der Waals surface area contributed by atoms with E-state index in [1.807, 2.05) is 6.92 Å². The second kappa shape index (κ2) is 8.88. The number of hydrogen-bond acceptors (Lipinski definition) is 5. The molecule has 1 saturated heterocycles. The van der Waals surface area contributed by atoms with Gasteiger partial charge < -0.3 is 19.2 Å². The molecule has 0 aliphatic carbocycles. The molecule has 1 atom stereocenters. The number of piperazine rings is 1. The Morgan fingerprint density at radius 2 is 1.88 bits per heavy atom. The number of nitrogens with zero attached hydrogens (tertiary/aromatic N) is 2. The third-order valence-corrected chi connectivity index (χ3v) is 4.18. The van der Waals surface area contributed by atoms with Crippen LogP contribution in [0.4, 0.5) is 18.0 Å². The molecule has 1 aliphatic rings. The maximum Gasteiger partial charge on any atom is 0.573 e. The number of ether oxygens (including phenoxy) is 2. The molecule has 1 heterocycles. The summed E-state index contributed by atoms with van der Waals surface area (Å²) in [5.74, 6) is -0.389. The van der Waals surface area contributed by atoms with Crippen LogP contribution >= 0.6 is 0 Å². The average molecular weight is 374 g/mol. The molecule has 1 amide bonds. The van der Waals surface area contributed by atoms with Gasteiger partial charge in [-0.25, -0.2) is 4.79 Å². The Morgan fingerprint density at radius 3 is 2.50 bits per heavy atom. The SMILES string of the molecule is CC(CC=O)N1CCN(C(=O)OCc2ccccc2OC(F)(F)F)CC1. The van der Waals surface area contributed by atoms with Gasteiger partial charge in [0.05, 0.1) is 0 Å². The number of carbonyl (C=O) groups is 2. The van der Waals surface area contributed by atoms with Crippen LogP contribution in [0, 0.1) is 0 Å². The number of hydrogen-bond donors (Lipinski definition) is 0. The van der Waals surface area contributed by atoms with Gasteiger partial charge in [-0.15, -0.1) is 13.2 Å². The molecule has 6 nitrogen and oxygen atoms in total. The molecular weight excluding hydrogens is 353 g/mol. The quantitative estimate of drug-likeness (QED) is 0.717. The molecular formula is C17H21F3N2O4. The van der Waals surface area contributed by atoms with Crippen LogP contribution in [0.5, 0.6) is 5.75 Å². The summed E-state index contributed by atoms with van der Waals surface area (Å²) >= 11 is 0. The summed E-state index contributed by atoms with van der Waals surface area (Å²) in [6, 6.07) is 5.64. The number of para-hydroxylation sites is 1. The van der Waals surface area contributed by atoms with Crippen molar-refractivity contribution in [3.05, 3.63) is 29.8 Å². The summed E-state index contributed by atoms with van der Waals surface area (Å²) in [4.78, 5) is 26.3. The van der Waals surface area contributed by atoms with Crippen molar-refractivity contribution in [3.8, 4) is 5.75 Å². The Kier molecular flexibility index (Phi) is 6.84. The van der Waals surface area contributed by atoms with Gasteiger partial charge >= 0.3 is 12.5 Å². The molecule has 0 N–H and O–H groups in total. The van der Waals surface area contributed by atoms with E-state index >= 15 is 0 Å². The van der Waals surface area contributed by atoms with E-state index in [4.69, 9.17) is 4.74 Å². The molecule has 1 aromatic carbocycles. The molecule has 0 bridgehead atoms. The molecule has 0 radical (unpaired) electrons. The molecule has 26 heavy (non-hydrogen) atoms. The highest BCUT2D eigenvalue weighted by atomic mass is 19.4. The largest absolute Gasteiger partial charge is 0.573 e. The molecule has 144 valence electrons. The van der Waals surface area contributed by atoms with Crippen LogP contribution in [0.1, 0.15) is 18.9 Å². The zero-order valence-corrected chi connectivity index (χ0v) is 14.4. The van der Waals surface area contributed by atoms with E-state index < -0.39 is 12.5 Å². The zero-order chi connectivity index (χ0) is 19.2. The van der Waals surface area contributed by atoms with Gasteiger partial charge in [0.25, 0.3) is 0 Å². The minimum absolute atomic E-state index is 0.108. The maximum atomic E-state index is 12.4. The third-order valence-electron chi connectivity index (χ3n) is 4.18. The molecule has 0 saturated carbocycles. The Labute approximate surface area is 149 Å². The molecule has 0 aromatic heterocycles. The summed E-state index contributed by atoms with van der Waals surface area (Å²) in [7, 11) is 0. The van der Waals surface area contributed by atoms with Gasteiger partial charge in [-0.1, -0.05) is 18.2 Å². The van der Waals surface area contributed by atoms with E-state index in [0.717, 1.165) is 6.29 Å². The molecule has 0 spiro atoms. The third kappa shape index (κ3) is 5.91. The van der Waals surface area contributed by atoms with Gasteiger partial charge in [-0.3, -0.25) is 4.90 Å². The number of carbonyl (C=O) groups excluding carboxylic acids is 2. The topological polar surface area (TPSA) is 59.1 Å². The number of halogens is 3. The number of alkyl halides is 3. The smallest absolute Gasteiger partial charge is 0.444 e. The predicted octanol–water partition coefficient (Wildman–Crippen LogP) is 2.82. The first kappa shape index (κ1) is 20.0. The first-order valence-corrected chi connectivity index (χ1v) is 8.23. The van der Waals surface area contributed by atoms with Crippen molar-refractivity contribution in [1.82, 2.24) is 9.80 Å². The van der Waals surface area contributed by atoms with Crippen LogP contribution in [-0.2, 0) is 16.1 Å². The fourth-order valence-corrected chi connectivity index (χ4v) is 2.71. The summed E-state index contributed by atoms with van der Waals surface area (Å²) in [5.41, 5.74) is 0.136. The van der Waals surface area contributed by atoms with Gasteiger partial charge in [0, 0.05) is 44.2 Å². The van der Waals surface area contributed by atoms with Crippen molar-refractivity contribution in [3.63, 3.8) is 0 Å². The number of amides is 1. The highest BCUT2D eigenvalue weighted by Gasteiger charge is 2.32. The van der Waals surface area contributed by atoms with Gasteiger partial charge in [0.1, 0.15) is 18.6 Å². The monoisotopic (exact) mass is 374 g/mol. The lowest BCUT2D eigenvalue weighted by molar-refractivity contribution is -0.275. The van der Waals surface area contributed by atoms with Gasteiger partial charge in [-0.05, 0) is 13.0 Å². The fourth-order valence-electron chi connectivity index (χ4n) is 2.71. The average Bonchev–Trinajstić information content (AvgIpc) is 2.60. The fraction of sp³-hybridized carbons (Fsp3) is 0.529. The summed E-state index contributed by atoms with van der Waals surface area (Å²) < 4.78 is 46.3. The maximum absolute atomic E-state index is 12.4. The Bertz CT molecular complexity index is 616. The van der Waals surface area contributed by atoms with E-state index in [9.17, 15) is 22.8 Å². The zero-order valence-electron chi connectivity index (χ0n) is 14.4. The van der Waals surface area contributed by atoms with Crippen molar-refractivity contribution < 1.29 is 32.2 Å². The Hall–Kier alpha value is -2.29. The van der Waals surface area contributed by atoms with E-state index in [1.165, 1.54) is 23.1 Å². The van der Waals surface area contributed by atoms with E-state index in [2.05, 4.69) is 9.64 Å². The van der Waals surface area contributed by atoms with E-state index in [1.54, 1.807) is 6.07 Å². The molecule has 1 aromatic rings.